The van der Waals surface area contributed by atoms with E-state index in [0.717, 1.165) is 6.42 Å². The van der Waals surface area contributed by atoms with Crippen LogP contribution in [0, 0.1) is 10.8 Å². The van der Waals surface area contributed by atoms with Gasteiger partial charge in [-0.3, -0.25) is 0 Å². The van der Waals surface area contributed by atoms with E-state index in [-0.39, 0.29) is 17.4 Å². The summed E-state index contributed by atoms with van der Waals surface area (Å²) in [6.45, 7) is 6.85. The lowest BCUT2D eigenvalue weighted by Crippen LogP contribution is -2.49. The minimum atomic E-state index is -0.814. The average molecular weight is 172 g/mol. The molecule has 5 N–H and O–H groups in total. The molecular weight excluding hydrogens is 152 g/mol. The molecule has 0 saturated heterocycles. The second kappa shape index (κ2) is 2.44. The molecule has 0 radical (unpaired) electrons. The van der Waals surface area contributed by atoms with Crippen molar-refractivity contribution in [3.05, 3.63) is 0 Å². The Labute approximate surface area is 74.1 Å². The summed E-state index contributed by atoms with van der Waals surface area (Å²) in [5, 5.41) is 10.0. The fraction of sp³-hybridized carbons (Fsp3) is 1.00. The first-order chi connectivity index (χ1) is 5.33. The lowest BCUT2D eigenvalue weighted by atomic mass is 9.80. The van der Waals surface area contributed by atoms with Crippen molar-refractivity contribution in [2.24, 2.45) is 22.3 Å². The van der Waals surface area contributed by atoms with Gasteiger partial charge in [0.05, 0.1) is 5.60 Å². The Bertz CT molecular complexity index is 189. The van der Waals surface area contributed by atoms with Crippen LogP contribution in [0.3, 0.4) is 0 Å². The molecule has 0 heterocycles. The van der Waals surface area contributed by atoms with Crippen molar-refractivity contribution in [1.29, 1.82) is 0 Å². The molecule has 1 saturated carbocycles. The summed E-state index contributed by atoms with van der Waals surface area (Å²) in [6, 6.07) is 0. The first-order valence-corrected chi connectivity index (χ1v) is 4.45. The largest absolute Gasteiger partial charge is 0.388 e. The first-order valence-electron chi connectivity index (χ1n) is 4.45. The Morgan fingerprint density at radius 1 is 1.42 bits per heavy atom. The number of rotatable bonds is 3. The van der Waals surface area contributed by atoms with Crippen LogP contribution in [-0.2, 0) is 0 Å². The van der Waals surface area contributed by atoms with Crippen LogP contribution < -0.4 is 11.5 Å². The molecular formula is C9H20N2O. The highest BCUT2D eigenvalue weighted by molar-refractivity contribution is 5.18. The fourth-order valence-electron chi connectivity index (χ4n) is 2.39. The van der Waals surface area contributed by atoms with Gasteiger partial charge in [-0.1, -0.05) is 13.8 Å². The summed E-state index contributed by atoms with van der Waals surface area (Å²) in [7, 11) is 0. The maximum absolute atomic E-state index is 10.0. The first kappa shape index (κ1) is 9.96. The third kappa shape index (κ3) is 1.00. The molecule has 2 unspecified atom stereocenters. The number of aliphatic hydroxyl groups is 1. The number of hydrogen-bond donors (Lipinski definition) is 3. The minimum Gasteiger partial charge on any atom is -0.388 e. The summed E-state index contributed by atoms with van der Waals surface area (Å²) >= 11 is 0. The van der Waals surface area contributed by atoms with E-state index in [9.17, 15) is 5.11 Å². The quantitative estimate of drug-likeness (QED) is 0.564. The van der Waals surface area contributed by atoms with Gasteiger partial charge in [-0.2, -0.15) is 0 Å². The van der Waals surface area contributed by atoms with Gasteiger partial charge >= 0.3 is 0 Å². The standard InChI is InChI=1S/C9H20N2O/c1-7(2)4-9(7,6-11)8(3,12)5-10/h12H,4-6,10-11H2,1-3H3. The second-order valence-electron chi connectivity index (χ2n) is 4.82. The van der Waals surface area contributed by atoms with E-state index in [1.165, 1.54) is 0 Å². The Morgan fingerprint density at radius 2 is 1.83 bits per heavy atom. The molecule has 0 bridgehead atoms. The smallest absolute Gasteiger partial charge is 0.0814 e. The summed E-state index contributed by atoms with van der Waals surface area (Å²) in [5.41, 5.74) is 10.4. The van der Waals surface area contributed by atoms with E-state index in [1.807, 2.05) is 0 Å². The van der Waals surface area contributed by atoms with Crippen molar-refractivity contribution in [2.75, 3.05) is 13.1 Å². The van der Waals surface area contributed by atoms with Crippen molar-refractivity contribution >= 4 is 0 Å². The highest BCUT2D eigenvalue weighted by atomic mass is 16.3. The maximum Gasteiger partial charge on any atom is 0.0814 e. The molecule has 1 fully saturated rings. The predicted molar refractivity (Wildman–Crippen MR) is 49.6 cm³/mol. The van der Waals surface area contributed by atoms with Gasteiger partial charge < -0.3 is 16.6 Å². The van der Waals surface area contributed by atoms with Gasteiger partial charge in [0.25, 0.3) is 0 Å². The van der Waals surface area contributed by atoms with Crippen LogP contribution in [0.5, 0.6) is 0 Å². The lowest BCUT2D eigenvalue weighted by Gasteiger charge is -2.34. The van der Waals surface area contributed by atoms with E-state index in [2.05, 4.69) is 13.8 Å². The summed E-state index contributed by atoms with van der Waals surface area (Å²) in [4.78, 5) is 0. The third-order valence-corrected chi connectivity index (χ3v) is 3.69. The van der Waals surface area contributed by atoms with Gasteiger partial charge in [-0.15, -0.1) is 0 Å². The molecule has 0 aromatic carbocycles. The third-order valence-electron chi connectivity index (χ3n) is 3.69. The zero-order valence-electron chi connectivity index (χ0n) is 8.22. The lowest BCUT2D eigenvalue weighted by molar-refractivity contribution is -0.0201. The molecule has 0 spiro atoms. The van der Waals surface area contributed by atoms with E-state index < -0.39 is 5.60 Å². The average Bonchev–Trinajstić information content (AvgIpc) is 2.55. The van der Waals surface area contributed by atoms with Crippen molar-refractivity contribution in [3.63, 3.8) is 0 Å². The van der Waals surface area contributed by atoms with Crippen molar-refractivity contribution in [3.8, 4) is 0 Å². The Balaban J connectivity index is 2.86. The van der Waals surface area contributed by atoms with E-state index in [4.69, 9.17) is 11.5 Å². The van der Waals surface area contributed by atoms with E-state index >= 15 is 0 Å². The molecule has 2 atom stereocenters. The summed E-state index contributed by atoms with van der Waals surface area (Å²) in [5.74, 6) is 0. The Hall–Kier alpha value is -0.120. The highest BCUT2D eigenvalue weighted by Gasteiger charge is 2.68. The number of hydrogen-bond acceptors (Lipinski definition) is 3. The monoisotopic (exact) mass is 172 g/mol. The van der Waals surface area contributed by atoms with Crippen LogP contribution >= 0.6 is 0 Å². The SMILES string of the molecule is CC1(C)CC1(CN)C(C)(O)CN. The normalized spacial score (nSPS) is 37.5. The van der Waals surface area contributed by atoms with Crippen LogP contribution in [0.15, 0.2) is 0 Å². The van der Waals surface area contributed by atoms with Crippen LogP contribution in [0.4, 0.5) is 0 Å². The molecule has 3 heteroatoms. The summed E-state index contributed by atoms with van der Waals surface area (Å²) in [6.07, 6.45) is 0.973. The molecule has 12 heavy (non-hydrogen) atoms. The van der Waals surface area contributed by atoms with Crippen LogP contribution in [-0.4, -0.2) is 23.8 Å². The fourth-order valence-corrected chi connectivity index (χ4v) is 2.39. The molecule has 0 aromatic rings. The van der Waals surface area contributed by atoms with Crippen LogP contribution in [0.1, 0.15) is 27.2 Å². The zero-order valence-corrected chi connectivity index (χ0v) is 8.22. The highest BCUT2D eigenvalue weighted by Crippen LogP contribution is 2.67. The molecule has 0 amide bonds. The predicted octanol–water partition coefficient (Wildman–Crippen LogP) is 0.0711. The van der Waals surface area contributed by atoms with E-state index in [0.29, 0.717) is 6.54 Å². The van der Waals surface area contributed by atoms with Crippen LogP contribution in [0.2, 0.25) is 0 Å². The van der Waals surface area contributed by atoms with Gasteiger partial charge in [0.1, 0.15) is 0 Å². The molecule has 0 aromatic heterocycles. The molecule has 72 valence electrons. The Kier molecular flexibility index (Phi) is 2.02. The molecule has 1 aliphatic rings. The molecule has 1 rings (SSSR count). The van der Waals surface area contributed by atoms with Gasteiger partial charge in [0.15, 0.2) is 0 Å². The van der Waals surface area contributed by atoms with Crippen molar-refractivity contribution < 1.29 is 5.11 Å². The maximum atomic E-state index is 10.0. The van der Waals surface area contributed by atoms with Crippen molar-refractivity contribution in [2.45, 2.75) is 32.8 Å². The Morgan fingerprint density at radius 3 is 1.92 bits per heavy atom. The minimum absolute atomic E-state index is 0.143. The second-order valence-corrected chi connectivity index (χ2v) is 4.82. The van der Waals surface area contributed by atoms with Crippen molar-refractivity contribution in [1.82, 2.24) is 0 Å². The van der Waals surface area contributed by atoms with Gasteiger partial charge in [-0.25, -0.2) is 0 Å². The summed E-state index contributed by atoms with van der Waals surface area (Å²) < 4.78 is 0. The van der Waals surface area contributed by atoms with Gasteiger partial charge in [0, 0.05) is 18.5 Å². The topological polar surface area (TPSA) is 72.3 Å². The molecule has 3 nitrogen and oxygen atoms in total. The van der Waals surface area contributed by atoms with E-state index in [1.54, 1.807) is 6.92 Å². The van der Waals surface area contributed by atoms with Gasteiger partial charge in [0.2, 0.25) is 0 Å². The number of nitrogens with two attached hydrogens (primary N) is 2. The zero-order chi connectivity index (χ0) is 9.62. The molecule has 0 aliphatic heterocycles. The molecule has 1 aliphatic carbocycles. The van der Waals surface area contributed by atoms with Crippen LogP contribution in [0.25, 0.3) is 0 Å². The van der Waals surface area contributed by atoms with Gasteiger partial charge in [-0.05, 0) is 18.8 Å².